The molecule has 0 aliphatic carbocycles. The molecule has 1 heterocycles. The van der Waals surface area contributed by atoms with Gasteiger partial charge in [-0.15, -0.1) is 0 Å². The van der Waals surface area contributed by atoms with Gasteiger partial charge in [0.2, 0.25) is 10.0 Å². The van der Waals surface area contributed by atoms with Gasteiger partial charge in [-0.3, -0.25) is 18.8 Å². The van der Waals surface area contributed by atoms with Crippen molar-refractivity contribution >= 4 is 43.0 Å². The molecule has 0 bridgehead atoms. The molecule has 2 N–H and O–H groups in total. The molecular formula is C27H26N4O5S2. The number of sulfonamides is 2. The zero-order chi connectivity index (χ0) is 27.3. The summed E-state index contributed by atoms with van der Waals surface area (Å²) in [6, 6.07) is 22.7. The molecule has 3 aromatic carbocycles. The molecule has 0 fully saturated rings. The van der Waals surface area contributed by atoms with Crippen molar-refractivity contribution in [3.8, 4) is 0 Å². The molecule has 0 saturated heterocycles. The van der Waals surface area contributed by atoms with Crippen LogP contribution >= 0.6 is 0 Å². The Labute approximate surface area is 222 Å². The van der Waals surface area contributed by atoms with Crippen LogP contribution in [0, 0.1) is 6.92 Å². The molecule has 0 aliphatic rings. The van der Waals surface area contributed by atoms with E-state index in [9.17, 15) is 21.6 Å². The minimum Gasteiger partial charge on any atom is -0.322 e. The topological polar surface area (TPSA) is 126 Å². The number of pyridine rings is 1. The van der Waals surface area contributed by atoms with Crippen molar-refractivity contribution in [2.45, 2.75) is 18.4 Å². The summed E-state index contributed by atoms with van der Waals surface area (Å²) in [5, 5.41) is 2.72. The molecule has 0 aliphatic heterocycles. The maximum atomic E-state index is 12.8. The van der Waals surface area contributed by atoms with E-state index >= 15 is 0 Å². The molecular weight excluding hydrogens is 524 g/mol. The molecule has 1 aromatic heterocycles. The maximum Gasteiger partial charge on any atom is 0.261 e. The molecule has 38 heavy (non-hydrogen) atoms. The van der Waals surface area contributed by atoms with E-state index in [1.807, 2.05) is 31.2 Å². The Bertz CT molecular complexity index is 1640. The fourth-order valence-corrected chi connectivity index (χ4v) is 5.60. The van der Waals surface area contributed by atoms with Gasteiger partial charge < -0.3 is 5.32 Å². The summed E-state index contributed by atoms with van der Waals surface area (Å²) in [5.74, 6) is -0.426. The number of nitrogens with one attached hydrogen (secondary N) is 2. The van der Waals surface area contributed by atoms with E-state index in [4.69, 9.17) is 0 Å². The van der Waals surface area contributed by atoms with Crippen molar-refractivity contribution in [2.24, 2.45) is 0 Å². The normalized spacial score (nSPS) is 11.5. The summed E-state index contributed by atoms with van der Waals surface area (Å²) in [4.78, 5) is 16.7. The van der Waals surface area contributed by atoms with E-state index in [1.165, 1.54) is 53.1 Å². The summed E-state index contributed by atoms with van der Waals surface area (Å²) < 4.78 is 53.9. The largest absolute Gasteiger partial charge is 0.322 e. The first-order valence-electron chi connectivity index (χ1n) is 11.5. The van der Waals surface area contributed by atoms with Gasteiger partial charge in [0.15, 0.2) is 0 Å². The molecule has 4 aromatic rings. The lowest BCUT2D eigenvalue weighted by Crippen LogP contribution is -2.29. The smallest absolute Gasteiger partial charge is 0.261 e. The molecule has 196 valence electrons. The lowest BCUT2D eigenvalue weighted by Gasteiger charge is -2.23. The first-order valence-corrected chi connectivity index (χ1v) is 14.8. The van der Waals surface area contributed by atoms with Crippen LogP contribution in [0.4, 0.5) is 17.1 Å². The number of aryl methyl sites for hydroxylation is 1. The second kappa shape index (κ2) is 11.0. The first kappa shape index (κ1) is 26.8. The average molecular weight is 551 g/mol. The number of benzene rings is 3. The number of nitrogens with zero attached hydrogens (tertiary/aromatic N) is 2. The van der Waals surface area contributed by atoms with Gasteiger partial charge in [0.1, 0.15) is 0 Å². The van der Waals surface area contributed by atoms with Gasteiger partial charge in [-0.25, -0.2) is 16.8 Å². The monoisotopic (exact) mass is 550 g/mol. The predicted octanol–water partition coefficient (Wildman–Crippen LogP) is 4.41. The van der Waals surface area contributed by atoms with E-state index in [0.29, 0.717) is 22.6 Å². The van der Waals surface area contributed by atoms with Crippen LogP contribution in [-0.2, 0) is 26.6 Å². The Morgan fingerprint density at radius 3 is 2.13 bits per heavy atom. The summed E-state index contributed by atoms with van der Waals surface area (Å²) in [7, 11) is -7.39. The van der Waals surface area contributed by atoms with E-state index in [1.54, 1.807) is 24.3 Å². The van der Waals surface area contributed by atoms with Gasteiger partial charge in [0.05, 0.1) is 35.3 Å². The summed E-state index contributed by atoms with van der Waals surface area (Å²) in [6.07, 6.45) is 4.08. The minimum absolute atomic E-state index is 0.0261. The van der Waals surface area contributed by atoms with Crippen LogP contribution in [0.25, 0.3) is 0 Å². The summed E-state index contributed by atoms with van der Waals surface area (Å²) >= 11 is 0. The fraction of sp³-hybridized carbons (Fsp3) is 0.111. The zero-order valence-corrected chi connectivity index (χ0v) is 22.3. The Hall–Kier alpha value is -4.22. The van der Waals surface area contributed by atoms with E-state index in [-0.39, 0.29) is 11.4 Å². The molecule has 0 spiro atoms. The predicted molar refractivity (Wildman–Crippen MR) is 148 cm³/mol. The number of hydrogen-bond donors (Lipinski definition) is 2. The summed E-state index contributed by atoms with van der Waals surface area (Å²) in [5.41, 5.74) is 3.33. The highest BCUT2D eigenvalue weighted by molar-refractivity contribution is 7.92. The molecule has 11 heteroatoms. The van der Waals surface area contributed by atoms with E-state index < -0.39 is 26.0 Å². The number of hydrogen-bond acceptors (Lipinski definition) is 6. The van der Waals surface area contributed by atoms with Crippen LogP contribution in [0.2, 0.25) is 0 Å². The number of amides is 1. The highest BCUT2D eigenvalue weighted by Crippen LogP contribution is 2.23. The van der Waals surface area contributed by atoms with Crippen molar-refractivity contribution in [3.05, 3.63) is 114 Å². The van der Waals surface area contributed by atoms with Gasteiger partial charge in [-0.1, -0.05) is 24.3 Å². The first-order chi connectivity index (χ1) is 18.0. The Balaban J connectivity index is 1.45. The Kier molecular flexibility index (Phi) is 7.79. The fourth-order valence-electron chi connectivity index (χ4n) is 3.68. The molecule has 4 rings (SSSR count). The van der Waals surface area contributed by atoms with Crippen LogP contribution in [0.15, 0.2) is 102 Å². The standard InChI is InChI=1S/C27H26N4O5S2/c1-20-6-3-4-7-22(20)19-31(37(2,33)34)25-13-9-21(10-14-25)27(32)29-23-11-15-26(16-12-23)38(35,36)30-24-8-5-17-28-18-24/h3-18,30H,19H2,1-2H3,(H,29,32). The third kappa shape index (κ3) is 6.55. The second-order valence-corrected chi connectivity index (χ2v) is 12.2. The van der Waals surface area contributed by atoms with Crippen LogP contribution in [0.1, 0.15) is 21.5 Å². The van der Waals surface area contributed by atoms with Crippen LogP contribution < -0.4 is 14.3 Å². The van der Waals surface area contributed by atoms with Crippen molar-refractivity contribution < 1.29 is 21.6 Å². The van der Waals surface area contributed by atoms with Gasteiger partial charge >= 0.3 is 0 Å². The number of anilines is 3. The van der Waals surface area contributed by atoms with Gasteiger partial charge in [0, 0.05) is 17.4 Å². The van der Waals surface area contributed by atoms with Gasteiger partial charge in [-0.2, -0.15) is 0 Å². The van der Waals surface area contributed by atoms with Crippen LogP contribution in [-0.4, -0.2) is 34.0 Å². The number of carbonyl (C=O) groups excluding carboxylic acids is 1. The van der Waals surface area contributed by atoms with Crippen molar-refractivity contribution in [1.29, 1.82) is 0 Å². The van der Waals surface area contributed by atoms with Gasteiger partial charge in [0.25, 0.3) is 15.9 Å². The van der Waals surface area contributed by atoms with Crippen molar-refractivity contribution in [3.63, 3.8) is 0 Å². The van der Waals surface area contributed by atoms with E-state index in [2.05, 4.69) is 15.0 Å². The SMILES string of the molecule is Cc1ccccc1CN(c1ccc(C(=O)Nc2ccc(S(=O)(=O)Nc3cccnc3)cc2)cc1)S(C)(=O)=O. The highest BCUT2D eigenvalue weighted by atomic mass is 32.2. The Morgan fingerprint density at radius 1 is 0.842 bits per heavy atom. The van der Waals surface area contributed by atoms with Gasteiger partial charge in [-0.05, 0) is 78.7 Å². The lowest BCUT2D eigenvalue weighted by molar-refractivity contribution is 0.102. The zero-order valence-electron chi connectivity index (χ0n) is 20.7. The van der Waals surface area contributed by atoms with Crippen molar-refractivity contribution in [1.82, 2.24) is 4.98 Å². The molecule has 0 unspecified atom stereocenters. The molecule has 0 atom stereocenters. The third-order valence-corrected chi connectivity index (χ3v) is 8.27. The maximum absolute atomic E-state index is 12.8. The molecule has 0 saturated carbocycles. The molecule has 9 nitrogen and oxygen atoms in total. The van der Waals surface area contributed by atoms with Crippen molar-refractivity contribution in [2.75, 3.05) is 20.6 Å². The average Bonchev–Trinajstić information content (AvgIpc) is 2.88. The van der Waals surface area contributed by atoms with Crippen LogP contribution in [0.3, 0.4) is 0 Å². The second-order valence-electron chi connectivity index (χ2n) is 8.57. The third-order valence-electron chi connectivity index (χ3n) is 5.73. The minimum atomic E-state index is -3.82. The lowest BCUT2D eigenvalue weighted by atomic mass is 10.1. The summed E-state index contributed by atoms with van der Waals surface area (Å²) in [6.45, 7) is 2.09. The number of rotatable bonds is 9. The number of aromatic nitrogens is 1. The Morgan fingerprint density at radius 2 is 1.53 bits per heavy atom. The molecule has 0 radical (unpaired) electrons. The van der Waals surface area contributed by atoms with Crippen LogP contribution in [0.5, 0.6) is 0 Å². The highest BCUT2D eigenvalue weighted by Gasteiger charge is 2.19. The molecule has 1 amide bonds. The number of carbonyl (C=O) groups is 1. The van der Waals surface area contributed by atoms with E-state index in [0.717, 1.165) is 17.4 Å². The quantitative estimate of drug-likeness (QED) is 0.318.